The van der Waals surface area contributed by atoms with Gasteiger partial charge in [-0.05, 0) is 43.5 Å². The van der Waals surface area contributed by atoms with Crippen LogP contribution in [0.3, 0.4) is 0 Å². The van der Waals surface area contributed by atoms with Crippen molar-refractivity contribution in [2.45, 2.75) is 19.3 Å². The number of rotatable bonds is 4. The molecule has 0 aliphatic carbocycles. The van der Waals surface area contributed by atoms with Gasteiger partial charge in [0.2, 0.25) is 5.69 Å². The van der Waals surface area contributed by atoms with E-state index in [-0.39, 0.29) is 11.6 Å². The topological polar surface area (TPSA) is 121 Å². The van der Waals surface area contributed by atoms with Crippen molar-refractivity contribution in [1.29, 1.82) is 0 Å². The van der Waals surface area contributed by atoms with Crippen LogP contribution in [-0.2, 0) is 0 Å². The number of aromatic amines is 1. The maximum absolute atomic E-state index is 12.4. The van der Waals surface area contributed by atoms with Crippen molar-refractivity contribution in [2.24, 2.45) is 0 Å². The molecule has 9 nitrogen and oxygen atoms in total. The van der Waals surface area contributed by atoms with E-state index in [9.17, 15) is 19.7 Å². The van der Waals surface area contributed by atoms with Crippen molar-refractivity contribution in [3.05, 3.63) is 51.8 Å². The number of nitrogens with zero attached hydrogens (tertiary/aromatic N) is 3. The molecule has 1 saturated heterocycles. The Morgan fingerprint density at radius 2 is 1.84 bits per heavy atom. The second-order valence-electron chi connectivity index (χ2n) is 5.77. The minimum Gasteiger partial charge on any atom is -0.339 e. The molecule has 2 aromatic rings. The molecule has 130 valence electrons. The number of hydrogen-bond acceptors (Lipinski definition) is 5. The summed E-state index contributed by atoms with van der Waals surface area (Å²) in [7, 11) is 0. The summed E-state index contributed by atoms with van der Waals surface area (Å²) in [5.41, 5.74) is 0.365. The molecular weight excluding hydrogens is 326 g/mol. The number of carbonyl (C=O) groups is 2. The first-order valence-electron chi connectivity index (χ1n) is 7.94. The van der Waals surface area contributed by atoms with Crippen LogP contribution in [0.25, 0.3) is 0 Å². The molecule has 0 unspecified atom stereocenters. The Balaban J connectivity index is 1.68. The molecule has 2 heterocycles. The molecule has 0 saturated carbocycles. The van der Waals surface area contributed by atoms with Crippen LogP contribution in [0, 0.1) is 10.1 Å². The van der Waals surface area contributed by atoms with E-state index >= 15 is 0 Å². The van der Waals surface area contributed by atoms with Crippen molar-refractivity contribution in [2.75, 3.05) is 18.4 Å². The zero-order valence-electron chi connectivity index (χ0n) is 13.4. The number of carbonyl (C=O) groups excluding carboxylic acids is 2. The van der Waals surface area contributed by atoms with E-state index in [2.05, 4.69) is 15.5 Å². The Bertz CT molecular complexity index is 793. The highest BCUT2D eigenvalue weighted by Crippen LogP contribution is 2.18. The van der Waals surface area contributed by atoms with Gasteiger partial charge in [-0.1, -0.05) is 0 Å². The van der Waals surface area contributed by atoms with Gasteiger partial charge in [0.05, 0.1) is 4.92 Å². The highest BCUT2D eigenvalue weighted by molar-refractivity contribution is 6.05. The lowest BCUT2D eigenvalue weighted by atomic mass is 10.1. The number of nitro groups is 1. The number of likely N-dealkylation sites (tertiary alicyclic amines) is 1. The Hall–Kier alpha value is -3.23. The van der Waals surface area contributed by atoms with Crippen molar-refractivity contribution in [1.82, 2.24) is 15.1 Å². The zero-order valence-corrected chi connectivity index (χ0v) is 13.4. The van der Waals surface area contributed by atoms with Crippen LogP contribution in [0.1, 0.15) is 40.1 Å². The third kappa shape index (κ3) is 3.65. The second kappa shape index (κ2) is 7.12. The van der Waals surface area contributed by atoms with Gasteiger partial charge in [-0.25, -0.2) is 0 Å². The lowest BCUT2D eigenvalue weighted by molar-refractivity contribution is -0.385. The summed E-state index contributed by atoms with van der Waals surface area (Å²) in [6.07, 6.45) is 4.16. The molecule has 0 atom stereocenters. The molecule has 3 rings (SSSR count). The quantitative estimate of drug-likeness (QED) is 0.651. The summed E-state index contributed by atoms with van der Waals surface area (Å²) in [5.74, 6) is -0.693. The SMILES string of the molecule is O=C(Nc1ccc(C(=O)N2CCCCC2)cc1)c1[nH]ncc1[N+](=O)[O-]. The van der Waals surface area contributed by atoms with Crippen LogP contribution in [-0.4, -0.2) is 44.9 Å². The standard InChI is InChI=1S/C16H17N5O4/c22-15(14-13(21(24)25)10-17-19-14)18-12-6-4-11(5-7-12)16(23)20-8-2-1-3-9-20/h4-7,10H,1-3,8-9H2,(H,17,19)(H,18,22). The van der Waals surface area contributed by atoms with E-state index in [1.807, 2.05) is 4.90 Å². The van der Waals surface area contributed by atoms with Crippen LogP contribution >= 0.6 is 0 Å². The maximum Gasteiger partial charge on any atom is 0.319 e. The van der Waals surface area contributed by atoms with Gasteiger partial charge in [-0.3, -0.25) is 24.8 Å². The van der Waals surface area contributed by atoms with Crippen LogP contribution in [0.15, 0.2) is 30.5 Å². The third-order valence-electron chi connectivity index (χ3n) is 4.08. The Kier molecular flexibility index (Phi) is 4.73. The first kappa shape index (κ1) is 16.6. The molecular formula is C16H17N5O4. The number of benzene rings is 1. The predicted octanol–water partition coefficient (Wildman–Crippen LogP) is 2.20. The number of H-pyrrole nitrogens is 1. The van der Waals surface area contributed by atoms with Crippen molar-refractivity contribution in [3.8, 4) is 0 Å². The van der Waals surface area contributed by atoms with E-state index in [4.69, 9.17) is 0 Å². The van der Waals surface area contributed by atoms with Crippen LogP contribution in [0.4, 0.5) is 11.4 Å². The number of nitrogens with one attached hydrogen (secondary N) is 2. The van der Waals surface area contributed by atoms with E-state index < -0.39 is 16.5 Å². The molecule has 1 aromatic carbocycles. The largest absolute Gasteiger partial charge is 0.339 e. The molecule has 9 heteroatoms. The highest BCUT2D eigenvalue weighted by atomic mass is 16.6. The normalized spacial score (nSPS) is 14.2. The Morgan fingerprint density at radius 3 is 2.48 bits per heavy atom. The molecule has 1 aliphatic rings. The average Bonchev–Trinajstić information content (AvgIpc) is 3.13. The summed E-state index contributed by atoms with van der Waals surface area (Å²) >= 11 is 0. The number of anilines is 1. The van der Waals surface area contributed by atoms with E-state index in [0.717, 1.165) is 38.5 Å². The molecule has 0 spiro atoms. The Labute approximate surface area is 143 Å². The first-order chi connectivity index (χ1) is 12.1. The van der Waals surface area contributed by atoms with Gasteiger partial charge in [0, 0.05) is 24.3 Å². The minimum absolute atomic E-state index is 0.0261. The van der Waals surface area contributed by atoms with Gasteiger partial charge in [-0.15, -0.1) is 0 Å². The fraction of sp³-hybridized carbons (Fsp3) is 0.312. The molecule has 1 aliphatic heterocycles. The summed E-state index contributed by atoms with van der Waals surface area (Å²) in [6, 6.07) is 6.45. The van der Waals surface area contributed by atoms with E-state index in [1.165, 1.54) is 0 Å². The zero-order chi connectivity index (χ0) is 17.8. The molecule has 25 heavy (non-hydrogen) atoms. The molecule has 0 radical (unpaired) electrons. The minimum atomic E-state index is -0.682. The monoisotopic (exact) mass is 343 g/mol. The van der Waals surface area contributed by atoms with Gasteiger partial charge in [0.15, 0.2) is 0 Å². The van der Waals surface area contributed by atoms with E-state index in [0.29, 0.717) is 11.3 Å². The average molecular weight is 343 g/mol. The van der Waals surface area contributed by atoms with Crippen LogP contribution in [0.2, 0.25) is 0 Å². The number of aromatic nitrogens is 2. The first-order valence-corrected chi connectivity index (χ1v) is 7.94. The second-order valence-corrected chi connectivity index (χ2v) is 5.77. The van der Waals surface area contributed by atoms with Gasteiger partial charge >= 0.3 is 5.69 Å². The lowest BCUT2D eigenvalue weighted by Gasteiger charge is -2.26. The number of hydrogen-bond donors (Lipinski definition) is 2. The van der Waals surface area contributed by atoms with Gasteiger partial charge < -0.3 is 10.2 Å². The highest BCUT2D eigenvalue weighted by Gasteiger charge is 2.23. The number of amides is 2. The predicted molar refractivity (Wildman–Crippen MR) is 89.4 cm³/mol. The summed E-state index contributed by atoms with van der Waals surface area (Å²) in [4.78, 5) is 36.5. The molecule has 2 N–H and O–H groups in total. The summed E-state index contributed by atoms with van der Waals surface area (Å²) in [6.45, 7) is 1.53. The van der Waals surface area contributed by atoms with Gasteiger partial charge in [0.1, 0.15) is 6.20 Å². The molecule has 0 bridgehead atoms. The van der Waals surface area contributed by atoms with Crippen LogP contribution in [0.5, 0.6) is 0 Å². The van der Waals surface area contributed by atoms with E-state index in [1.54, 1.807) is 24.3 Å². The molecule has 2 amide bonds. The smallest absolute Gasteiger partial charge is 0.319 e. The lowest BCUT2D eigenvalue weighted by Crippen LogP contribution is -2.35. The van der Waals surface area contributed by atoms with Crippen molar-refractivity contribution >= 4 is 23.2 Å². The molecule has 1 fully saturated rings. The maximum atomic E-state index is 12.4. The molecule has 1 aromatic heterocycles. The van der Waals surface area contributed by atoms with Crippen molar-refractivity contribution in [3.63, 3.8) is 0 Å². The summed E-state index contributed by atoms with van der Waals surface area (Å²) in [5, 5.41) is 19.2. The number of piperidine rings is 1. The fourth-order valence-electron chi connectivity index (χ4n) is 2.75. The van der Waals surface area contributed by atoms with Gasteiger partial charge in [0.25, 0.3) is 11.8 Å². The van der Waals surface area contributed by atoms with Gasteiger partial charge in [-0.2, -0.15) is 5.10 Å². The fourth-order valence-corrected chi connectivity index (χ4v) is 2.75. The summed E-state index contributed by atoms with van der Waals surface area (Å²) < 4.78 is 0. The third-order valence-corrected chi connectivity index (χ3v) is 4.08. The van der Waals surface area contributed by atoms with Crippen molar-refractivity contribution < 1.29 is 14.5 Å². The van der Waals surface area contributed by atoms with Crippen LogP contribution < -0.4 is 5.32 Å². The Morgan fingerprint density at radius 1 is 1.16 bits per heavy atom.